The Morgan fingerprint density at radius 2 is 1.89 bits per heavy atom. The Labute approximate surface area is 111 Å². The first-order valence-corrected chi connectivity index (χ1v) is 7.09. The van der Waals surface area contributed by atoms with Gasteiger partial charge in [-0.1, -0.05) is 67.0 Å². The van der Waals surface area contributed by atoms with Crippen molar-refractivity contribution in [2.24, 2.45) is 11.8 Å². The fourth-order valence-electron chi connectivity index (χ4n) is 2.72. The van der Waals surface area contributed by atoms with Crippen LogP contribution < -0.4 is 0 Å². The molecule has 2 atom stereocenters. The molecule has 0 nitrogen and oxygen atoms in total. The molecule has 1 aromatic rings. The second kappa shape index (κ2) is 6.04. The van der Waals surface area contributed by atoms with Gasteiger partial charge in [-0.3, -0.25) is 0 Å². The molecule has 0 saturated carbocycles. The van der Waals surface area contributed by atoms with E-state index in [1.54, 1.807) is 0 Å². The summed E-state index contributed by atoms with van der Waals surface area (Å²) in [4.78, 5) is 0. The Morgan fingerprint density at radius 3 is 2.44 bits per heavy atom. The van der Waals surface area contributed by atoms with Crippen molar-refractivity contribution in [3.8, 4) is 0 Å². The predicted octanol–water partition coefficient (Wildman–Crippen LogP) is 5.09. The molecule has 0 saturated heterocycles. The molecule has 0 radical (unpaired) electrons. The molecule has 96 valence electrons. The highest BCUT2D eigenvalue weighted by Crippen LogP contribution is 2.28. The highest BCUT2D eigenvalue weighted by molar-refractivity contribution is 5.24. The predicted molar refractivity (Wildman–Crippen MR) is 79.7 cm³/mol. The maximum atomic E-state index is 2.41. The van der Waals surface area contributed by atoms with Crippen LogP contribution in [0, 0.1) is 18.8 Å². The van der Waals surface area contributed by atoms with Crippen LogP contribution in [0.2, 0.25) is 0 Å². The minimum absolute atomic E-state index is 0.722. The van der Waals surface area contributed by atoms with E-state index in [1.807, 2.05) is 0 Å². The third-order valence-corrected chi connectivity index (χ3v) is 4.07. The Morgan fingerprint density at radius 1 is 1.17 bits per heavy atom. The lowest BCUT2D eigenvalue weighted by Crippen LogP contribution is -2.16. The molecule has 0 amide bonds. The summed E-state index contributed by atoms with van der Waals surface area (Å²) in [6.07, 6.45) is 10.8. The first-order chi connectivity index (χ1) is 8.69. The van der Waals surface area contributed by atoms with Crippen molar-refractivity contribution in [1.29, 1.82) is 0 Å². The van der Waals surface area contributed by atoms with Gasteiger partial charge in [-0.25, -0.2) is 0 Å². The van der Waals surface area contributed by atoms with Crippen LogP contribution in [0.15, 0.2) is 48.1 Å². The third-order valence-electron chi connectivity index (χ3n) is 4.07. The molecule has 2 rings (SSSR count). The first-order valence-electron chi connectivity index (χ1n) is 7.09. The van der Waals surface area contributed by atoms with Crippen molar-refractivity contribution in [3.05, 3.63) is 59.2 Å². The van der Waals surface area contributed by atoms with Gasteiger partial charge in [0.05, 0.1) is 0 Å². The molecule has 2 unspecified atom stereocenters. The maximum absolute atomic E-state index is 2.41. The van der Waals surface area contributed by atoms with E-state index in [0.717, 1.165) is 11.8 Å². The summed E-state index contributed by atoms with van der Waals surface area (Å²) in [5.74, 6) is 1.49. The van der Waals surface area contributed by atoms with Gasteiger partial charge in [0.15, 0.2) is 0 Å². The van der Waals surface area contributed by atoms with Gasteiger partial charge >= 0.3 is 0 Å². The van der Waals surface area contributed by atoms with Crippen molar-refractivity contribution >= 4 is 0 Å². The quantitative estimate of drug-likeness (QED) is 0.688. The molecular formula is C18H24. The summed E-state index contributed by atoms with van der Waals surface area (Å²) in [6, 6.07) is 9.02. The maximum Gasteiger partial charge on any atom is -0.0164 e. The van der Waals surface area contributed by atoms with Gasteiger partial charge < -0.3 is 0 Å². The Bertz CT molecular complexity index is 434. The van der Waals surface area contributed by atoms with E-state index in [2.05, 4.69) is 63.3 Å². The summed E-state index contributed by atoms with van der Waals surface area (Å²) >= 11 is 0. The molecular weight excluding hydrogens is 216 g/mol. The summed E-state index contributed by atoms with van der Waals surface area (Å²) in [5.41, 5.74) is 4.24. The zero-order valence-electron chi connectivity index (χ0n) is 11.8. The van der Waals surface area contributed by atoms with Crippen LogP contribution in [0.4, 0.5) is 0 Å². The molecule has 0 heterocycles. The van der Waals surface area contributed by atoms with Crippen molar-refractivity contribution in [2.75, 3.05) is 0 Å². The third kappa shape index (κ3) is 3.35. The summed E-state index contributed by atoms with van der Waals surface area (Å²) in [6.45, 7) is 6.66. The summed E-state index contributed by atoms with van der Waals surface area (Å²) in [7, 11) is 0. The lowest BCUT2D eigenvalue weighted by molar-refractivity contribution is 0.379. The van der Waals surface area contributed by atoms with Gasteiger partial charge in [-0.2, -0.15) is 0 Å². The number of benzene rings is 1. The number of rotatable bonds is 4. The van der Waals surface area contributed by atoms with Crippen LogP contribution in [0.1, 0.15) is 37.8 Å². The number of allylic oxidation sites excluding steroid dienone is 4. The first kappa shape index (κ1) is 13.1. The van der Waals surface area contributed by atoms with Crippen LogP contribution in [-0.2, 0) is 6.42 Å². The average molecular weight is 240 g/mol. The zero-order valence-corrected chi connectivity index (χ0v) is 11.8. The van der Waals surface area contributed by atoms with Crippen molar-refractivity contribution in [2.45, 2.75) is 40.0 Å². The van der Waals surface area contributed by atoms with Crippen LogP contribution in [0.3, 0.4) is 0 Å². The fraction of sp³-hybridized carbons (Fsp3) is 0.444. The molecule has 0 aromatic heterocycles. The van der Waals surface area contributed by atoms with Crippen molar-refractivity contribution in [1.82, 2.24) is 0 Å². The fourth-order valence-corrected chi connectivity index (χ4v) is 2.72. The van der Waals surface area contributed by atoms with E-state index in [1.165, 1.54) is 36.0 Å². The lowest BCUT2D eigenvalue weighted by Gasteiger charge is -2.25. The molecule has 0 bridgehead atoms. The molecule has 0 aliphatic heterocycles. The van der Waals surface area contributed by atoms with Gasteiger partial charge in [0.2, 0.25) is 0 Å². The molecule has 18 heavy (non-hydrogen) atoms. The summed E-state index contributed by atoms with van der Waals surface area (Å²) < 4.78 is 0. The van der Waals surface area contributed by atoms with Crippen molar-refractivity contribution in [3.63, 3.8) is 0 Å². The second-order valence-corrected chi connectivity index (χ2v) is 5.56. The molecule has 0 N–H and O–H groups in total. The summed E-state index contributed by atoms with van der Waals surface area (Å²) in [5, 5.41) is 0. The minimum atomic E-state index is 0.722. The Balaban J connectivity index is 2.02. The smallest absolute Gasteiger partial charge is 0.0164 e. The normalized spacial score (nSPS) is 20.6. The minimum Gasteiger partial charge on any atom is -0.0810 e. The molecule has 1 aromatic carbocycles. The van der Waals surface area contributed by atoms with E-state index >= 15 is 0 Å². The number of aryl methyl sites for hydroxylation is 1. The largest absolute Gasteiger partial charge is 0.0810 e. The van der Waals surface area contributed by atoms with Gasteiger partial charge in [0.25, 0.3) is 0 Å². The number of hydrogen-bond acceptors (Lipinski definition) is 0. The molecule has 0 fully saturated rings. The Kier molecular flexibility index (Phi) is 4.41. The van der Waals surface area contributed by atoms with E-state index in [9.17, 15) is 0 Å². The monoisotopic (exact) mass is 240 g/mol. The van der Waals surface area contributed by atoms with Gasteiger partial charge in [0, 0.05) is 0 Å². The highest BCUT2D eigenvalue weighted by atomic mass is 14.2. The topological polar surface area (TPSA) is 0 Å². The lowest BCUT2D eigenvalue weighted by atomic mass is 9.80. The zero-order chi connectivity index (χ0) is 13.0. The van der Waals surface area contributed by atoms with Crippen LogP contribution in [-0.4, -0.2) is 0 Å². The van der Waals surface area contributed by atoms with Crippen molar-refractivity contribution < 1.29 is 0 Å². The second-order valence-electron chi connectivity index (χ2n) is 5.56. The van der Waals surface area contributed by atoms with E-state index in [0.29, 0.717) is 0 Å². The number of hydrogen-bond donors (Lipinski definition) is 0. The standard InChI is InChI=1S/C18H24/c1-4-17(18-11-7-15(3)8-12-18)13-16-9-5-14(2)6-10-16/h5-11,17-18H,4,12-13H2,1-3H3. The highest BCUT2D eigenvalue weighted by Gasteiger charge is 2.18. The van der Waals surface area contributed by atoms with Gasteiger partial charge in [-0.15, -0.1) is 0 Å². The molecule has 1 aliphatic carbocycles. The molecule has 1 aliphatic rings. The van der Waals surface area contributed by atoms with E-state index in [4.69, 9.17) is 0 Å². The Hall–Kier alpha value is -1.30. The van der Waals surface area contributed by atoms with Crippen LogP contribution in [0.25, 0.3) is 0 Å². The van der Waals surface area contributed by atoms with Gasteiger partial charge in [-0.05, 0) is 44.1 Å². The average Bonchev–Trinajstić information content (AvgIpc) is 2.39. The van der Waals surface area contributed by atoms with Crippen LogP contribution >= 0.6 is 0 Å². The SMILES string of the molecule is CCC(Cc1ccc(C)cc1)C1C=CC(C)=CC1. The van der Waals surface area contributed by atoms with E-state index in [-0.39, 0.29) is 0 Å². The molecule has 0 spiro atoms. The van der Waals surface area contributed by atoms with Crippen LogP contribution in [0.5, 0.6) is 0 Å². The molecule has 0 heteroatoms. The van der Waals surface area contributed by atoms with Gasteiger partial charge in [0.1, 0.15) is 0 Å². The van der Waals surface area contributed by atoms with E-state index < -0.39 is 0 Å².